The van der Waals surface area contributed by atoms with Gasteiger partial charge in [-0.2, -0.15) is 0 Å². The van der Waals surface area contributed by atoms with Gasteiger partial charge in [0.05, 0.1) is 5.69 Å². The van der Waals surface area contributed by atoms with Crippen LogP contribution in [0.2, 0.25) is 5.02 Å². The fourth-order valence-electron chi connectivity index (χ4n) is 3.18. The van der Waals surface area contributed by atoms with Crippen LogP contribution in [-0.2, 0) is 0 Å². The van der Waals surface area contributed by atoms with E-state index in [1.807, 2.05) is 24.3 Å². The molecule has 0 spiro atoms. The van der Waals surface area contributed by atoms with Crippen LogP contribution in [0.1, 0.15) is 23.2 Å². The van der Waals surface area contributed by atoms with Crippen molar-refractivity contribution in [1.29, 1.82) is 0 Å². The van der Waals surface area contributed by atoms with E-state index in [-0.39, 0.29) is 5.91 Å². The Kier molecular flexibility index (Phi) is 5.03. The molecule has 2 aromatic carbocycles. The van der Waals surface area contributed by atoms with Gasteiger partial charge in [-0.1, -0.05) is 23.7 Å². The molecule has 0 atom stereocenters. The quantitative estimate of drug-likeness (QED) is 0.718. The molecular weight excluding hydrogens is 360 g/mol. The van der Waals surface area contributed by atoms with Gasteiger partial charge >= 0.3 is 0 Å². The van der Waals surface area contributed by atoms with Crippen molar-refractivity contribution in [1.82, 2.24) is 9.97 Å². The van der Waals surface area contributed by atoms with E-state index in [2.05, 4.69) is 20.2 Å². The lowest BCUT2D eigenvalue weighted by Gasteiger charge is -2.16. The van der Waals surface area contributed by atoms with Crippen LogP contribution >= 0.6 is 11.6 Å². The first kappa shape index (κ1) is 17.5. The summed E-state index contributed by atoms with van der Waals surface area (Å²) in [5, 5.41) is 3.51. The summed E-state index contributed by atoms with van der Waals surface area (Å²) >= 11 is 5.89. The third-order valence-corrected chi connectivity index (χ3v) is 4.86. The second-order valence-corrected chi connectivity index (χ2v) is 6.93. The van der Waals surface area contributed by atoms with Gasteiger partial charge in [0.15, 0.2) is 0 Å². The first-order valence-corrected chi connectivity index (χ1v) is 9.31. The summed E-state index contributed by atoms with van der Waals surface area (Å²) in [6.07, 6.45) is 3.98. The van der Waals surface area contributed by atoms with Gasteiger partial charge in [-0.15, -0.1) is 0 Å². The van der Waals surface area contributed by atoms with Gasteiger partial charge in [-0.25, -0.2) is 9.97 Å². The SMILES string of the molecule is O=C(Nc1ccc(Cl)cc1)c1cccc(-c2cc(N3CCCC3)ncn2)c1. The normalized spacial score (nSPS) is 13.6. The summed E-state index contributed by atoms with van der Waals surface area (Å²) in [7, 11) is 0. The fourth-order valence-corrected chi connectivity index (χ4v) is 3.31. The standard InChI is InChI=1S/C21H19ClN4O/c22-17-6-8-18(9-7-17)25-21(27)16-5-3-4-15(12-16)19-13-20(24-14-23-19)26-10-1-2-11-26/h3-9,12-14H,1-2,10-11H2,(H,25,27). The molecule has 4 rings (SSSR count). The molecule has 6 heteroatoms. The number of carbonyl (C=O) groups is 1. The van der Waals surface area contributed by atoms with E-state index in [1.165, 1.54) is 12.8 Å². The molecule has 0 unspecified atom stereocenters. The highest BCUT2D eigenvalue weighted by Crippen LogP contribution is 2.24. The first-order chi connectivity index (χ1) is 13.2. The molecule has 2 heterocycles. The van der Waals surface area contributed by atoms with Crippen molar-refractivity contribution in [2.45, 2.75) is 12.8 Å². The van der Waals surface area contributed by atoms with Crippen LogP contribution in [0.3, 0.4) is 0 Å². The Labute approximate surface area is 163 Å². The lowest BCUT2D eigenvalue weighted by molar-refractivity contribution is 0.102. The zero-order chi connectivity index (χ0) is 18.6. The highest BCUT2D eigenvalue weighted by atomic mass is 35.5. The molecule has 1 aromatic heterocycles. The van der Waals surface area contributed by atoms with Crippen LogP contribution in [0.25, 0.3) is 11.3 Å². The Morgan fingerprint density at radius 3 is 2.56 bits per heavy atom. The second-order valence-electron chi connectivity index (χ2n) is 6.50. The van der Waals surface area contributed by atoms with Gasteiger partial charge in [-0.3, -0.25) is 4.79 Å². The van der Waals surface area contributed by atoms with Crippen molar-refractivity contribution >= 4 is 29.0 Å². The molecule has 1 amide bonds. The molecular formula is C21H19ClN4O. The van der Waals surface area contributed by atoms with E-state index >= 15 is 0 Å². The van der Waals surface area contributed by atoms with Crippen molar-refractivity contribution in [3.63, 3.8) is 0 Å². The van der Waals surface area contributed by atoms with Gasteiger partial charge in [-0.05, 0) is 49.2 Å². The van der Waals surface area contributed by atoms with Crippen LogP contribution in [-0.4, -0.2) is 29.0 Å². The average molecular weight is 379 g/mol. The maximum atomic E-state index is 12.6. The molecule has 3 aromatic rings. The fraction of sp³-hybridized carbons (Fsp3) is 0.190. The van der Waals surface area contributed by atoms with Gasteiger partial charge in [0.1, 0.15) is 12.1 Å². The van der Waals surface area contributed by atoms with Crippen LogP contribution < -0.4 is 10.2 Å². The number of hydrogen-bond acceptors (Lipinski definition) is 4. The highest BCUT2D eigenvalue weighted by Gasteiger charge is 2.15. The molecule has 0 radical (unpaired) electrons. The molecule has 0 aliphatic carbocycles. The van der Waals surface area contributed by atoms with Crippen molar-refractivity contribution in [3.8, 4) is 11.3 Å². The zero-order valence-corrected chi connectivity index (χ0v) is 15.5. The van der Waals surface area contributed by atoms with Crippen LogP contribution in [0.4, 0.5) is 11.5 Å². The smallest absolute Gasteiger partial charge is 0.255 e. The van der Waals surface area contributed by atoms with Crippen LogP contribution in [0.15, 0.2) is 60.9 Å². The molecule has 27 heavy (non-hydrogen) atoms. The maximum Gasteiger partial charge on any atom is 0.255 e. The van der Waals surface area contributed by atoms with E-state index in [0.717, 1.165) is 30.2 Å². The van der Waals surface area contributed by atoms with E-state index in [1.54, 1.807) is 36.7 Å². The molecule has 1 N–H and O–H groups in total. The summed E-state index contributed by atoms with van der Waals surface area (Å²) in [5.41, 5.74) is 2.98. The number of aromatic nitrogens is 2. The molecule has 1 fully saturated rings. The Morgan fingerprint density at radius 1 is 1.00 bits per heavy atom. The summed E-state index contributed by atoms with van der Waals surface area (Å²) in [4.78, 5) is 23.6. The number of carbonyl (C=O) groups excluding carboxylic acids is 1. The molecule has 136 valence electrons. The predicted molar refractivity (Wildman–Crippen MR) is 108 cm³/mol. The molecule has 1 saturated heterocycles. The summed E-state index contributed by atoms with van der Waals surface area (Å²) in [6, 6.07) is 16.5. The Hall–Kier alpha value is -2.92. The number of rotatable bonds is 4. The summed E-state index contributed by atoms with van der Waals surface area (Å²) < 4.78 is 0. The van der Waals surface area contributed by atoms with Crippen molar-refractivity contribution in [3.05, 3.63) is 71.5 Å². The van der Waals surface area contributed by atoms with E-state index in [0.29, 0.717) is 16.3 Å². The minimum atomic E-state index is -0.173. The summed E-state index contributed by atoms with van der Waals surface area (Å²) in [5.74, 6) is 0.765. The lowest BCUT2D eigenvalue weighted by atomic mass is 10.1. The first-order valence-electron chi connectivity index (χ1n) is 8.93. The Morgan fingerprint density at radius 2 is 1.78 bits per heavy atom. The monoisotopic (exact) mass is 378 g/mol. The van der Waals surface area contributed by atoms with Gasteiger partial charge in [0.2, 0.25) is 0 Å². The Bertz CT molecular complexity index is 952. The van der Waals surface area contributed by atoms with Crippen molar-refractivity contribution in [2.75, 3.05) is 23.3 Å². The number of benzene rings is 2. The molecule has 0 bridgehead atoms. The highest BCUT2D eigenvalue weighted by molar-refractivity contribution is 6.30. The molecule has 5 nitrogen and oxygen atoms in total. The van der Waals surface area contributed by atoms with E-state index < -0.39 is 0 Å². The lowest BCUT2D eigenvalue weighted by Crippen LogP contribution is -2.19. The van der Waals surface area contributed by atoms with Gasteiger partial charge < -0.3 is 10.2 Å². The zero-order valence-electron chi connectivity index (χ0n) is 14.7. The Balaban J connectivity index is 1.56. The van der Waals surface area contributed by atoms with E-state index in [9.17, 15) is 4.79 Å². The number of halogens is 1. The third-order valence-electron chi connectivity index (χ3n) is 4.61. The number of hydrogen-bond donors (Lipinski definition) is 1. The minimum Gasteiger partial charge on any atom is -0.357 e. The minimum absolute atomic E-state index is 0.173. The second kappa shape index (κ2) is 7.76. The molecule has 1 aliphatic rings. The number of nitrogens with one attached hydrogen (secondary N) is 1. The van der Waals surface area contributed by atoms with Crippen LogP contribution in [0, 0.1) is 0 Å². The van der Waals surface area contributed by atoms with Gasteiger partial charge in [0.25, 0.3) is 5.91 Å². The van der Waals surface area contributed by atoms with Crippen molar-refractivity contribution < 1.29 is 4.79 Å². The molecule has 0 saturated carbocycles. The number of anilines is 2. The number of amides is 1. The average Bonchev–Trinajstić information content (AvgIpc) is 3.25. The largest absolute Gasteiger partial charge is 0.357 e. The predicted octanol–water partition coefficient (Wildman–Crippen LogP) is 4.65. The van der Waals surface area contributed by atoms with E-state index in [4.69, 9.17) is 11.6 Å². The molecule has 1 aliphatic heterocycles. The van der Waals surface area contributed by atoms with Gasteiger partial charge in [0, 0.05) is 41.0 Å². The topological polar surface area (TPSA) is 58.1 Å². The third kappa shape index (κ3) is 4.09. The van der Waals surface area contributed by atoms with Crippen LogP contribution in [0.5, 0.6) is 0 Å². The van der Waals surface area contributed by atoms with Crippen molar-refractivity contribution in [2.24, 2.45) is 0 Å². The number of nitrogens with zero attached hydrogens (tertiary/aromatic N) is 3. The summed E-state index contributed by atoms with van der Waals surface area (Å²) in [6.45, 7) is 2.06. The maximum absolute atomic E-state index is 12.6.